The maximum Gasteiger partial charge on any atom is 0.273 e. The number of para-hydroxylation sites is 1. The van der Waals surface area contributed by atoms with Gasteiger partial charge in [0.2, 0.25) is 0 Å². The van der Waals surface area contributed by atoms with Gasteiger partial charge in [-0.1, -0.05) is 18.2 Å². The minimum atomic E-state index is -0.347. The largest absolute Gasteiger partial charge is 0.491 e. The molecule has 0 bridgehead atoms. The van der Waals surface area contributed by atoms with Crippen LogP contribution < -0.4 is 4.74 Å². The molecular formula is C22H26N4O2. The highest BCUT2D eigenvalue weighted by atomic mass is 16.5. The van der Waals surface area contributed by atoms with Gasteiger partial charge in [0.05, 0.1) is 12.7 Å². The average Bonchev–Trinajstić information content (AvgIpc) is 3.36. The molecule has 6 heteroatoms. The molecule has 0 radical (unpaired) electrons. The standard InChI is InChI=1S/C22H26N4O2/c1-25-12-3-6-17(25)11-14-28-20-8-2-5-16-9-10-19(24-21(16)20)22(27)26-13-4-7-18(26)15-23/h2,5,8-10,17-18H,3-4,6-7,11-14H2,1H3/t17?,18-/m1/s1. The lowest BCUT2D eigenvalue weighted by Crippen LogP contribution is -2.35. The van der Waals surface area contributed by atoms with Crippen LogP contribution in [0.3, 0.4) is 0 Å². The number of nitrogens with zero attached hydrogens (tertiary/aromatic N) is 4. The summed E-state index contributed by atoms with van der Waals surface area (Å²) in [6, 6.07) is 11.9. The van der Waals surface area contributed by atoms with Crippen LogP contribution in [0, 0.1) is 11.3 Å². The van der Waals surface area contributed by atoms with Crippen LogP contribution in [0.1, 0.15) is 42.6 Å². The summed E-state index contributed by atoms with van der Waals surface area (Å²) in [4.78, 5) is 21.5. The Hall–Kier alpha value is -2.65. The van der Waals surface area contributed by atoms with Gasteiger partial charge in [-0.15, -0.1) is 0 Å². The second kappa shape index (κ2) is 8.15. The van der Waals surface area contributed by atoms with E-state index in [1.165, 1.54) is 12.8 Å². The van der Waals surface area contributed by atoms with E-state index in [0.717, 1.165) is 31.2 Å². The first-order valence-electron chi connectivity index (χ1n) is 10.1. The van der Waals surface area contributed by atoms with Crippen LogP contribution in [0.2, 0.25) is 0 Å². The quantitative estimate of drug-likeness (QED) is 0.799. The number of likely N-dealkylation sites (tertiary alicyclic amines) is 2. The van der Waals surface area contributed by atoms with E-state index in [4.69, 9.17) is 4.74 Å². The van der Waals surface area contributed by atoms with Gasteiger partial charge in [-0.2, -0.15) is 5.26 Å². The zero-order valence-corrected chi connectivity index (χ0v) is 16.3. The molecule has 0 aliphatic carbocycles. The first-order chi connectivity index (χ1) is 13.7. The molecule has 6 nitrogen and oxygen atoms in total. The summed E-state index contributed by atoms with van der Waals surface area (Å²) in [5.41, 5.74) is 1.09. The third kappa shape index (κ3) is 3.67. The summed E-state index contributed by atoms with van der Waals surface area (Å²) in [5.74, 6) is 0.541. The molecule has 0 spiro atoms. The highest BCUT2D eigenvalue weighted by Crippen LogP contribution is 2.26. The Morgan fingerprint density at radius 3 is 2.89 bits per heavy atom. The Labute approximate surface area is 165 Å². The van der Waals surface area contributed by atoms with Crippen molar-refractivity contribution in [2.75, 3.05) is 26.7 Å². The van der Waals surface area contributed by atoms with Crippen molar-refractivity contribution in [3.63, 3.8) is 0 Å². The van der Waals surface area contributed by atoms with Crippen LogP contribution in [0.15, 0.2) is 30.3 Å². The molecule has 2 aliphatic heterocycles. The van der Waals surface area contributed by atoms with Crippen LogP contribution >= 0.6 is 0 Å². The molecule has 4 rings (SSSR count). The van der Waals surface area contributed by atoms with Crippen LogP contribution in [0.4, 0.5) is 0 Å². The molecule has 1 unspecified atom stereocenters. The van der Waals surface area contributed by atoms with Gasteiger partial charge in [0.15, 0.2) is 0 Å². The number of aromatic nitrogens is 1. The lowest BCUT2D eigenvalue weighted by atomic mass is 10.1. The van der Waals surface area contributed by atoms with Gasteiger partial charge in [0.25, 0.3) is 5.91 Å². The van der Waals surface area contributed by atoms with Crippen molar-refractivity contribution in [3.8, 4) is 11.8 Å². The number of benzene rings is 1. The van der Waals surface area contributed by atoms with Crippen molar-refractivity contribution in [2.24, 2.45) is 0 Å². The number of rotatable bonds is 5. The third-order valence-corrected chi connectivity index (χ3v) is 5.95. The maximum absolute atomic E-state index is 12.9. The molecule has 3 heterocycles. The van der Waals surface area contributed by atoms with Gasteiger partial charge >= 0.3 is 0 Å². The van der Waals surface area contributed by atoms with E-state index in [1.807, 2.05) is 24.3 Å². The number of nitriles is 1. The second-order valence-electron chi connectivity index (χ2n) is 7.72. The number of pyridine rings is 1. The summed E-state index contributed by atoms with van der Waals surface area (Å²) in [6.45, 7) is 2.41. The molecule has 1 amide bonds. The number of carbonyl (C=O) groups is 1. The van der Waals surface area contributed by atoms with E-state index in [-0.39, 0.29) is 11.9 Å². The van der Waals surface area contributed by atoms with E-state index >= 15 is 0 Å². The zero-order valence-electron chi connectivity index (χ0n) is 16.3. The van der Waals surface area contributed by atoms with E-state index in [0.29, 0.717) is 36.2 Å². The highest BCUT2D eigenvalue weighted by molar-refractivity contribution is 5.96. The summed E-state index contributed by atoms with van der Waals surface area (Å²) in [7, 11) is 2.17. The lowest BCUT2D eigenvalue weighted by molar-refractivity contribution is 0.0759. The second-order valence-corrected chi connectivity index (χ2v) is 7.72. The molecule has 1 aromatic heterocycles. The Morgan fingerprint density at radius 1 is 1.25 bits per heavy atom. The first kappa shape index (κ1) is 18.7. The van der Waals surface area contributed by atoms with Gasteiger partial charge < -0.3 is 14.5 Å². The molecule has 2 aliphatic rings. The lowest BCUT2D eigenvalue weighted by Gasteiger charge is -2.20. The molecule has 1 aromatic carbocycles. The van der Waals surface area contributed by atoms with Crippen molar-refractivity contribution >= 4 is 16.8 Å². The van der Waals surface area contributed by atoms with Gasteiger partial charge in [-0.05, 0) is 57.8 Å². The van der Waals surface area contributed by atoms with Gasteiger partial charge in [0.1, 0.15) is 23.0 Å². The minimum absolute atomic E-state index is 0.173. The fourth-order valence-electron chi connectivity index (χ4n) is 4.30. The summed E-state index contributed by atoms with van der Waals surface area (Å²) >= 11 is 0. The van der Waals surface area contributed by atoms with Crippen molar-refractivity contribution in [2.45, 2.75) is 44.2 Å². The molecular weight excluding hydrogens is 352 g/mol. The van der Waals surface area contributed by atoms with Crippen LogP contribution in [0.5, 0.6) is 5.75 Å². The third-order valence-electron chi connectivity index (χ3n) is 5.95. The summed E-state index contributed by atoms with van der Waals surface area (Å²) in [6.07, 6.45) is 5.06. The predicted octanol–water partition coefficient (Wildman–Crippen LogP) is 3.23. The zero-order chi connectivity index (χ0) is 19.5. The van der Waals surface area contributed by atoms with E-state index in [2.05, 4.69) is 23.0 Å². The van der Waals surface area contributed by atoms with Crippen molar-refractivity contribution in [1.82, 2.24) is 14.8 Å². The van der Waals surface area contributed by atoms with Crippen LogP contribution in [-0.4, -0.2) is 59.5 Å². The number of carbonyl (C=O) groups excluding carboxylic acids is 1. The molecule has 2 aromatic rings. The SMILES string of the molecule is CN1CCCC1CCOc1cccc2ccc(C(=O)N3CCC[C@@H]3C#N)nc12. The topological polar surface area (TPSA) is 69.5 Å². The fourth-order valence-corrected chi connectivity index (χ4v) is 4.30. The van der Waals surface area contributed by atoms with Gasteiger partial charge in [0, 0.05) is 18.0 Å². The molecule has 2 fully saturated rings. The number of hydrogen-bond donors (Lipinski definition) is 0. The van der Waals surface area contributed by atoms with E-state index < -0.39 is 0 Å². The normalized spacial score (nSPS) is 22.5. The molecule has 0 N–H and O–H groups in total. The average molecular weight is 378 g/mol. The maximum atomic E-state index is 12.9. The minimum Gasteiger partial charge on any atom is -0.491 e. The number of fused-ring (bicyclic) bond motifs is 1. The first-order valence-corrected chi connectivity index (χ1v) is 10.1. The van der Waals surface area contributed by atoms with E-state index in [9.17, 15) is 10.1 Å². The highest BCUT2D eigenvalue weighted by Gasteiger charge is 2.30. The van der Waals surface area contributed by atoms with Crippen LogP contribution in [-0.2, 0) is 0 Å². The smallest absolute Gasteiger partial charge is 0.273 e. The Morgan fingerprint density at radius 2 is 2.11 bits per heavy atom. The van der Waals surface area contributed by atoms with Crippen LogP contribution in [0.25, 0.3) is 10.9 Å². The summed E-state index contributed by atoms with van der Waals surface area (Å²) in [5, 5.41) is 10.2. The monoisotopic (exact) mass is 378 g/mol. The Bertz CT molecular complexity index is 907. The Kier molecular flexibility index (Phi) is 5.45. The Balaban J connectivity index is 1.52. The molecule has 0 saturated carbocycles. The number of amides is 1. The van der Waals surface area contributed by atoms with Gasteiger partial charge in [-0.3, -0.25) is 4.79 Å². The molecule has 28 heavy (non-hydrogen) atoms. The predicted molar refractivity (Wildman–Crippen MR) is 107 cm³/mol. The number of ether oxygens (including phenoxy) is 1. The van der Waals surface area contributed by atoms with Crippen molar-refractivity contribution < 1.29 is 9.53 Å². The molecule has 2 saturated heterocycles. The number of hydrogen-bond acceptors (Lipinski definition) is 5. The fraction of sp³-hybridized carbons (Fsp3) is 0.500. The van der Waals surface area contributed by atoms with Crippen molar-refractivity contribution in [1.29, 1.82) is 5.26 Å². The van der Waals surface area contributed by atoms with Gasteiger partial charge in [-0.25, -0.2) is 4.98 Å². The molecule has 146 valence electrons. The van der Waals surface area contributed by atoms with E-state index in [1.54, 1.807) is 11.0 Å². The van der Waals surface area contributed by atoms with Crippen molar-refractivity contribution in [3.05, 3.63) is 36.0 Å². The molecule has 2 atom stereocenters. The summed E-state index contributed by atoms with van der Waals surface area (Å²) < 4.78 is 6.07.